The van der Waals surface area contributed by atoms with Gasteiger partial charge in [0.25, 0.3) is 5.91 Å². The van der Waals surface area contributed by atoms with Crippen LogP contribution in [0.15, 0.2) is 41.3 Å². The normalized spacial score (nSPS) is 15.0. The molecule has 0 aliphatic heterocycles. The molecule has 0 radical (unpaired) electrons. The van der Waals surface area contributed by atoms with E-state index in [2.05, 4.69) is 10.0 Å². The second-order valence-corrected chi connectivity index (χ2v) is 8.49. The van der Waals surface area contributed by atoms with Crippen LogP contribution in [0.3, 0.4) is 0 Å². The minimum Gasteiger partial charge on any atom is -0.322 e. The second-order valence-electron chi connectivity index (χ2n) is 6.73. The zero-order chi connectivity index (χ0) is 20.3. The first-order chi connectivity index (χ1) is 13.3. The zero-order valence-corrected chi connectivity index (χ0v) is 15.7. The first-order valence-corrected chi connectivity index (χ1v) is 10.3. The Kier molecular flexibility index (Phi) is 6.04. The highest BCUT2D eigenvalue weighted by atomic mass is 32.2. The summed E-state index contributed by atoms with van der Waals surface area (Å²) in [5, 5.41) is 2.22. The summed E-state index contributed by atoms with van der Waals surface area (Å²) in [5.74, 6) is -3.91. The van der Waals surface area contributed by atoms with E-state index in [-0.39, 0.29) is 23.0 Å². The van der Waals surface area contributed by atoms with Gasteiger partial charge in [0.2, 0.25) is 10.0 Å². The average molecular weight is 412 g/mol. The van der Waals surface area contributed by atoms with Crippen LogP contribution in [-0.2, 0) is 10.0 Å². The van der Waals surface area contributed by atoms with Gasteiger partial charge in [-0.05, 0) is 49.1 Å². The topological polar surface area (TPSA) is 75.3 Å². The van der Waals surface area contributed by atoms with Gasteiger partial charge in [0.05, 0.1) is 10.5 Å². The Balaban J connectivity index is 1.77. The quantitative estimate of drug-likeness (QED) is 0.757. The molecule has 0 bridgehead atoms. The van der Waals surface area contributed by atoms with Crippen LogP contribution in [0.5, 0.6) is 0 Å². The maximum Gasteiger partial charge on any atom is 0.258 e. The van der Waals surface area contributed by atoms with Crippen LogP contribution in [0.4, 0.5) is 18.9 Å². The minimum atomic E-state index is -3.91. The van der Waals surface area contributed by atoms with E-state index >= 15 is 0 Å². The number of hydrogen-bond donors (Lipinski definition) is 2. The van der Waals surface area contributed by atoms with Crippen LogP contribution in [0.2, 0.25) is 0 Å². The number of sulfonamides is 1. The van der Waals surface area contributed by atoms with Crippen LogP contribution < -0.4 is 10.0 Å². The number of carbonyl (C=O) groups excluding carboxylic acids is 1. The number of nitrogens with one attached hydrogen (secondary N) is 2. The summed E-state index contributed by atoms with van der Waals surface area (Å²) in [6, 6.07) is 5.54. The molecule has 1 fully saturated rings. The van der Waals surface area contributed by atoms with Gasteiger partial charge in [-0.15, -0.1) is 0 Å². The van der Waals surface area contributed by atoms with Crippen LogP contribution in [-0.4, -0.2) is 20.9 Å². The lowest BCUT2D eigenvalue weighted by molar-refractivity contribution is 0.102. The molecule has 1 aliphatic carbocycles. The zero-order valence-electron chi connectivity index (χ0n) is 14.8. The first kappa shape index (κ1) is 20.3. The summed E-state index contributed by atoms with van der Waals surface area (Å²) in [4.78, 5) is 12.0. The summed E-state index contributed by atoms with van der Waals surface area (Å²) in [6.45, 7) is 0.288. The summed E-state index contributed by atoms with van der Waals surface area (Å²) >= 11 is 0. The Hall–Kier alpha value is -2.39. The molecule has 0 spiro atoms. The fourth-order valence-corrected chi connectivity index (χ4v) is 4.29. The van der Waals surface area contributed by atoms with Gasteiger partial charge in [0, 0.05) is 18.3 Å². The molecule has 9 heteroatoms. The summed E-state index contributed by atoms with van der Waals surface area (Å²) in [6.07, 6.45) is 4.04. The largest absolute Gasteiger partial charge is 0.322 e. The fourth-order valence-electron chi connectivity index (χ4n) is 3.14. The van der Waals surface area contributed by atoms with Crippen molar-refractivity contribution in [3.8, 4) is 0 Å². The van der Waals surface area contributed by atoms with Gasteiger partial charge in [-0.25, -0.2) is 26.3 Å². The molecule has 28 heavy (non-hydrogen) atoms. The molecule has 0 atom stereocenters. The summed E-state index contributed by atoms with van der Waals surface area (Å²) in [5.41, 5.74) is -0.607. The molecule has 3 rings (SSSR count). The van der Waals surface area contributed by atoms with Gasteiger partial charge in [0.1, 0.15) is 5.82 Å². The van der Waals surface area contributed by atoms with Crippen LogP contribution in [0.1, 0.15) is 36.0 Å². The molecule has 2 aromatic carbocycles. The average Bonchev–Trinajstić information content (AvgIpc) is 3.17. The monoisotopic (exact) mass is 412 g/mol. The molecule has 5 nitrogen and oxygen atoms in total. The Morgan fingerprint density at radius 1 is 0.964 bits per heavy atom. The lowest BCUT2D eigenvalue weighted by atomic mass is 10.1. The van der Waals surface area contributed by atoms with Crippen molar-refractivity contribution in [1.29, 1.82) is 0 Å². The predicted molar refractivity (Wildman–Crippen MR) is 97.9 cm³/mol. The molecule has 0 unspecified atom stereocenters. The highest BCUT2D eigenvalue weighted by molar-refractivity contribution is 7.89. The SMILES string of the molecule is O=C(Nc1ccc(F)c(F)c1)c1cc(S(=O)(=O)NCC2CCCC2)ccc1F. The standard InChI is InChI=1S/C19H19F3N2O3S/c20-16-8-6-14(28(26,27)23-11-12-3-1-2-4-12)10-15(16)19(25)24-13-5-7-17(21)18(22)9-13/h5-10,12,23H,1-4,11H2,(H,24,25). The Labute approximate surface area is 161 Å². The van der Waals surface area contributed by atoms with Crippen molar-refractivity contribution in [1.82, 2.24) is 4.72 Å². The van der Waals surface area contributed by atoms with Crippen molar-refractivity contribution >= 4 is 21.6 Å². The number of halogens is 3. The van der Waals surface area contributed by atoms with E-state index in [1.54, 1.807) is 0 Å². The lowest BCUT2D eigenvalue weighted by Crippen LogP contribution is -2.29. The number of benzene rings is 2. The van der Waals surface area contributed by atoms with Crippen LogP contribution in [0, 0.1) is 23.4 Å². The van der Waals surface area contributed by atoms with Crippen molar-refractivity contribution in [3.63, 3.8) is 0 Å². The predicted octanol–water partition coefficient (Wildman–Crippen LogP) is 3.82. The van der Waals surface area contributed by atoms with Crippen LogP contribution in [0.25, 0.3) is 0 Å². The summed E-state index contributed by atoms with van der Waals surface area (Å²) in [7, 11) is -3.91. The Bertz CT molecular complexity index is 990. The molecule has 1 aliphatic rings. The van der Waals surface area contributed by atoms with Crippen molar-refractivity contribution in [2.45, 2.75) is 30.6 Å². The maximum atomic E-state index is 14.1. The molecule has 150 valence electrons. The van der Waals surface area contributed by atoms with Crippen molar-refractivity contribution in [3.05, 3.63) is 59.4 Å². The molecule has 1 amide bonds. The Morgan fingerprint density at radius 3 is 2.32 bits per heavy atom. The number of carbonyl (C=O) groups is 1. The third-order valence-corrected chi connectivity index (χ3v) is 6.13. The van der Waals surface area contributed by atoms with Gasteiger partial charge in [0.15, 0.2) is 11.6 Å². The third-order valence-electron chi connectivity index (χ3n) is 4.71. The van der Waals surface area contributed by atoms with E-state index in [0.717, 1.165) is 62.1 Å². The smallest absolute Gasteiger partial charge is 0.258 e. The van der Waals surface area contributed by atoms with E-state index in [9.17, 15) is 26.4 Å². The van der Waals surface area contributed by atoms with Crippen molar-refractivity contribution in [2.75, 3.05) is 11.9 Å². The Morgan fingerprint density at radius 2 is 1.64 bits per heavy atom. The molecule has 1 saturated carbocycles. The lowest BCUT2D eigenvalue weighted by Gasteiger charge is -2.12. The molecular weight excluding hydrogens is 393 g/mol. The van der Waals surface area contributed by atoms with E-state index in [0.29, 0.717) is 0 Å². The van der Waals surface area contributed by atoms with Crippen molar-refractivity contribution < 1.29 is 26.4 Å². The van der Waals surface area contributed by atoms with E-state index < -0.39 is 38.9 Å². The van der Waals surface area contributed by atoms with Gasteiger partial charge < -0.3 is 5.32 Å². The van der Waals surface area contributed by atoms with Gasteiger partial charge >= 0.3 is 0 Å². The van der Waals surface area contributed by atoms with E-state index in [1.807, 2.05) is 0 Å². The molecule has 0 saturated heterocycles. The van der Waals surface area contributed by atoms with Crippen LogP contribution >= 0.6 is 0 Å². The maximum absolute atomic E-state index is 14.1. The molecule has 0 aromatic heterocycles. The summed E-state index contributed by atoms with van der Waals surface area (Å²) < 4.78 is 67.7. The van der Waals surface area contributed by atoms with Gasteiger partial charge in [-0.2, -0.15) is 0 Å². The van der Waals surface area contributed by atoms with Gasteiger partial charge in [-0.1, -0.05) is 12.8 Å². The van der Waals surface area contributed by atoms with E-state index in [1.165, 1.54) is 0 Å². The fraction of sp³-hybridized carbons (Fsp3) is 0.316. The number of anilines is 1. The molecule has 2 aromatic rings. The van der Waals surface area contributed by atoms with E-state index in [4.69, 9.17) is 0 Å². The highest BCUT2D eigenvalue weighted by Crippen LogP contribution is 2.24. The first-order valence-electron chi connectivity index (χ1n) is 8.82. The minimum absolute atomic E-state index is 0.0871. The highest BCUT2D eigenvalue weighted by Gasteiger charge is 2.22. The molecule has 0 heterocycles. The number of hydrogen-bond acceptors (Lipinski definition) is 3. The van der Waals surface area contributed by atoms with Gasteiger partial charge in [-0.3, -0.25) is 4.79 Å². The van der Waals surface area contributed by atoms with Crippen molar-refractivity contribution in [2.24, 2.45) is 5.92 Å². The molecular formula is C19H19F3N2O3S. The number of amides is 1. The molecule has 2 N–H and O–H groups in total. The second kappa shape index (κ2) is 8.32. The third kappa shape index (κ3) is 4.71. The number of rotatable bonds is 6.